The first-order valence-electron chi connectivity index (χ1n) is 8.76. The molecule has 2 N–H and O–H groups in total. The number of oxime groups is 1. The number of hydrogen-bond donors (Lipinski definition) is 2. The van der Waals surface area contributed by atoms with Gasteiger partial charge in [0, 0.05) is 17.2 Å². The average molecular weight is 383 g/mol. The number of aromatic hydroxyl groups is 1. The quantitative estimate of drug-likeness (QED) is 0.371. The summed E-state index contributed by atoms with van der Waals surface area (Å²) < 4.78 is 22.0. The highest BCUT2D eigenvalue weighted by molar-refractivity contribution is 5.90. The molecule has 0 unspecified atom stereocenters. The fourth-order valence-corrected chi connectivity index (χ4v) is 3.39. The van der Waals surface area contributed by atoms with E-state index in [4.69, 9.17) is 4.52 Å². The predicted molar refractivity (Wildman–Crippen MR) is 106 cm³/mol. The van der Waals surface area contributed by atoms with E-state index in [1.54, 1.807) is 18.4 Å². The molecule has 0 saturated carbocycles. The van der Waals surface area contributed by atoms with Crippen molar-refractivity contribution in [3.63, 3.8) is 0 Å². The molecule has 0 amide bonds. The minimum atomic E-state index is -0.568. The van der Waals surface area contributed by atoms with E-state index in [0.717, 1.165) is 22.8 Å². The largest absolute Gasteiger partial charge is 0.508 e. The van der Waals surface area contributed by atoms with Crippen LogP contribution in [-0.2, 0) is 0 Å². The van der Waals surface area contributed by atoms with Crippen LogP contribution in [0.2, 0.25) is 0 Å². The summed E-state index contributed by atoms with van der Waals surface area (Å²) in [6.45, 7) is 9.33. The molecule has 1 aromatic carbocycles. The summed E-state index contributed by atoms with van der Waals surface area (Å²) in [5.41, 5.74) is 5.30. The highest BCUT2D eigenvalue weighted by Crippen LogP contribution is 2.38. The summed E-state index contributed by atoms with van der Waals surface area (Å²) in [5.74, 6) is -0.181. The molecule has 0 aliphatic carbocycles. The topological polar surface area (TPSA) is 83.8 Å². The Kier molecular flexibility index (Phi) is 5.09. The molecule has 0 fully saturated rings. The third-order valence-corrected chi connectivity index (χ3v) is 4.55. The van der Waals surface area contributed by atoms with E-state index in [2.05, 4.69) is 10.3 Å². The summed E-state index contributed by atoms with van der Waals surface area (Å²) in [6, 6.07) is 4.03. The number of phenols is 1. The van der Waals surface area contributed by atoms with E-state index in [1.165, 1.54) is 18.3 Å². The Bertz CT molecular complexity index is 1080. The summed E-state index contributed by atoms with van der Waals surface area (Å²) >= 11 is 0. The molecule has 3 rings (SSSR count). The van der Waals surface area contributed by atoms with Gasteiger partial charge in [-0.1, -0.05) is 22.0 Å². The molecule has 0 radical (unpaired) electrons. The number of rotatable bonds is 4. The standard InChI is InChI=1S/C21H22FN3O3/c1-11(2)8-17-12(3)19(10-23-27)25(20-13(4)24-28-14(20)5)21(17)16-7-6-15(26)9-18(16)22/h6-10,26-27H,1-5H3. The van der Waals surface area contributed by atoms with Gasteiger partial charge in [0.25, 0.3) is 0 Å². The molecule has 0 atom stereocenters. The van der Waals surface area contributed by atoms with Gasteiger partial charge in [0.2, 0.25) is 0 Å². The highest BCUT2D eigenvalue weighted by atomic mass is 19.1. The molecular formula is C21H22FN3O3. The minimum Gasteiger partial charge on any atom is -0.508 e. The number of halogens is 1. The first-order chi connectivity index (χ1) is 13.3. The van der Waals surface area contributed by atoms with Gasteiger partial charge >= 0.3 is 0 Å². The van der Waals surface area contributed by atoms with E-state index in [0.29, 0.717) is 34.1 Å². The number of aromatic nitrogens is 2. The van der Waals surface area contributed by atoms with Crippen molar-refractivity contribution in [2.24, 2.45) is 5.16 Å². The van der Waals surface area contributed by atoms with Crippen molar-refractivity contribution < 1.29 is 19.2 Å². The van der Waals surface area contributed by atoms with E-state index in [1.807, 2.05) is 26.8 Å². The Labute approximate surface area is 162 Å². The van der Waals surface area contributed by atoms with Crippen molar-refractivity contribution >= 4 is 12.3 Å². The van der Waals surface area contributed by atoms with Gasteiger partial charge in [0.05, 0.1) is 17.6 Å². The maximum atomic E-state index is 14.9. The van der Waals surface area contributed by atoms with Crippen molar-refractivity contribution in [3.05, 3.63) is 57.9 Å². The number of benzene rings is 1. The SMILES string of the molecule is CC(C)=Cc1c(C)c(C=NO)n(-c2c(C)noc2C)c1-c1ccc(O)cc1F. The maximum absolute atomic E-state index is 14.9. The van der Waals surface area contributed by atoms with Crippen LogP contribution in [-0.4, -0.2) is 26.3 Å². The van der Waals surface area contributed by atoms with Crippen LogP contribution in [0.15, 0.2) is 33.5 Å². The zero-order chi connectivity index (χ0) is 20.6. The second-order valence-electron chi connectivity index (χ2n) is 6.91. The second-order valence-corrected chi connectivity index (χ2v) is 6.91. The predicted octanol–water partition coefficient (Wildman–Crippen LogP) is 5.13. The van der Waals surface area contributed by atoms with Gasteiger partial charge in [-0.15, -0.1) is 0 Å². The van der Waals surface area contributed by atoms with Gasteiger partial charge < -0.3 is 19.4 Å². The third kappa shape index (κ3) is 3.19. The van der Waals surface area contributed by atoms with Crippen molar-refractivity contribution in [2.45, 2.75) is 34.6 Å². The Balaban J connectivity index is 2.54. The van der Waals surface area contributed by atoms with Crippen LogP contribution in [0.4, 0.5) is 4.39 Å². The van der Waals surface area contributed by atoms with Crippen LogP contribution in [0, 0.1) is 26.6 Å². The minimum absolute atomic E-state index is 0.158. The van der Waals surface area contributed by atoms with Gasteiger partial charge in [-0.25, -0.2) is 4.39 Å². The zero-order valence-corrected chi connectivity index (χ0v) is 16.4. The van der Waals surface area contributed by atoms with Gasteiger partial charge in [0.15, 0.2) is 5.76 Å². The van der Waals surface area contributed by atoms with Crippen LogP contribution in [0.1, 0.15) is 42.1 Å². The number of nitrogens with zero attached hydrogens (tertiary/aromatic N) is 3. The van der Waals surface area contributed by atoms with Gasteiger partial charge in [-0.2, -0.15) is 0 Å². The van der Waals surface area contributed by atoms with Crippen molar-refractivity contribution in [3.8, 4) is 22.7 Å². The number of allylic oxidation sites excluding steroid dienone is 1. The number of aryl methyl sites for hydroxylation is 2. The van der Waals surface area contributed by atoms with Gasteiger partial charge in [-0.05, 0) is 52.3 Å². The first kappa shape index (κ1) is 19.4. The lowest BCUT2D eigenvalue weighted by molar-refractivity contribution is 0.321. The molecule has 6 nitrogen and oxygen atoms in total. The molecule has 2 aromatic heterocycles. The fraction of sp³-hybridized carbons (Fsp3) is 0.238. The molecule has 0 saturated heterocycles. The van der Waals surface area contributed by atoms with E-state index in [-0.39, 0.29) is 5.75 Å². The molecule has 0 aliphatic rings. The van der Waals surface area contributed by atoms with Crippen molar-refractivity contribution in [1.82, 2.24) is 9.72 Å². The number of phenolic OH excluding ortho intramolecular Hbond substituents is 1. The van der Waals surface area contributed by atoms with E-state index < -0.39 is 5.82 Å². The zero-order valence-electron chi connectivity index (χ0n) is 16.4. The Morgan fingerprint density at radius 1 is 1.25 bits per heavy atom. The first-order valence-corrected chi connectivity index (χ1v) is 8.76. The molecule has 7 heteroatoms. The van der Waals surface area contributed by atoms with E-state index in [9.17, 15) is 14.7 Å². The van der Waals surface area contributed by atoms with Crippen molar-refractivity contribution in [1.29, 1.82) is 0 Å². The second kappa shape index (κ2) is 7.34. The number of hydrogen-bond acceptors (Lipinski definition) is 5. The normalized spacial score (nSPS) is 11.4. The summed E-state index contributed by atoms with van der Waals surface area (Å²) in [4.78, 5) is 0. The van der Waals surface area contributed by atoms with Gasteiger partial charge in [-0.3, -0.25) is 0 Å². The van der Waals surface area contributed by atoms with Crippen LogP contribution in [0.5, 0.6) is 5.75 Å². The highest BCUT2D eigenvalue weighted by Gasteiger charge is 2.26. The molecule has 28 heavy (non-hydrogen) atoms. The molecule has 2 heterocycles. The Morgan fingerprint density at radius 2 is 1.96 bits per heavy atom. The van der Waals surface area contributed by atoms with Crippen LogP contribution in [0.25, 0.3) is 23.0 Å². The van der Waals surface area contributed by atoms with Crippen LogP contribution < -0.4 is 0 Å². The summed E-state index contributed by atoms with van der Waals surface area (Å²) in [5, 5.41) is 26.1. The Hall–Kier alpha value is -3.35. The molecular weight excluding hydrogens is 361 g/mol. The smallest absolute Gasteiger partial charge is 0.157 e. The van der Waals surface area contributed by atoms with E-state index >= 15 is 0 Å². The lowest BCUT2D eigenvalue weighted by Gasteiger charge is -2.13. The van der Waals surface area contributed by atoms with Gasteiger partial charge in [0.1, 0.15) is 22.9 Å². The molecule has 0 spiro atoms. The third-order valence-electron chi connectivity index (χ3n) is 4.55. The summed E-state index contributed by atoms with van der Waals surface area (Å²) in [6.07, 6.45) is 3.26. The fourth-order valence-electron chi connectivity index (χ4n) is 3.39. The maximum Gasteiger partial charge on any atom is 0.157 e. The molecule has 3 aromatic rings. The van der Waals surface area contributed by atoms with Crippen molar-refractivity contribution in [2.75, 3.05) is 0 Å². The lowest BCUT2D eigenvalue weighted by atomic mass is 10.0. The Morgan fingerprint density at radius 3 is 2.50 bits per heavy atom. The lowest BCUT2D eigenvalue weighted by Crippen LogP contribution is -2.05. The monoisotopic (exact) mass is 383 g/mol. The van der Waals surface area contributed by atoms with Crippen LogP contribution >= 0.6 is 0 Å². The summed E-state index contributed by atoms with van der Waals surface area (Å²) in [7, 11) is 0. The molecule has 146 valence electrons. The molecule has 0 bridgehead atoms. The average Bonchev–Trinajstić information content (AvgIpc) is 3.06. The molecule has 0 aliphatic heterocycles. The van der Waals surface area contributed by atoms with Crippen LogP contribution in [0.3, 0.4) is 0 Å².